The highest BCUT2D eigenvalue weighted by Gasteiger charge is 2.16. The molecule has 4 heteroatoms. The van der Waals surface area contributed by atoms with Crippen LogP contribution >= 0.6 is 0 Å². The fourth-order valence-electron chi connectivity index (χ4n) is 1.59. The van der Waals surface area contributed by atoms with Crippen LogP contribution in [0.3, 0.4) is 0 Å². The van der Waals surface area contributed by atoms with Crippen molar-refractivity contribution in [2.45, 2.75) is 38.8 Å². The molecule has 92 valence electrons. The van der Waals surface area contributed by atoms with Gasteiger partial charge in [0.15, 0.2) is 0 Å². The quantitative estimate of drug-likeness (QED) is 0.743. The maximum atomic E-state index is 10.7. The minimum absolute atomic E-state index is 0.0200. The first kappa shape index (κ1) is 13.3. The summed E-state index contributed by atoms with van der Waals surface area (Å²) in [5.74, 6) is 2.13. The van der Waals surface area contributed by atoms with Crippen molar-refractivity contribution in [2.75, 3.05) is 0 Å². The van der Waals surface area contributed by atoms with Crippen LogP contribution in [0, 0.1) is 12.3 Å². The highest BCUT2D eigenvalue weighted by Crippen LogP contribution is 2.17. The molecule has 2 unspecified atom stereocenters. The number of rotatable bonds is 6. The van der Waals surface area contributed by atoms with E-state index in [2.05, 4.69) is 18.2 Å². The molecule has 0 saturated heterocycles. The lowest BCUT2D eigenvalue weighted by Gasteiger charge is -2.16. The zero-order chi connectivity index (χ0) is 12.8. The van der Waals surface area contributed by atoms with Crippen LogP contribution in [0.1, 0.15) is 49.0 Å². The Bertz CT molecular complexity index is 417. The van der Waals surface area contributed by atoms with Crippen LogP contribution in [0.4, 0.5) is 0 Å². The Morgan fingerprint density at radius 2 is 2.35 bits per heavy atom. The molecule has 0 radical (unpaired) electrons. The maximum Gasteiger partial charge on any atom is 0.371 e. The predicted molar refractivity (Wildman–Crippen MR) is 64.7 cm³/mol. The highest BCUT2D eigenvalue weighted by atomic mass is 16.4. The Hall–Kier alpha value is -1.73. The van der Waals surface area contributed by atoms with Crippen molar-refractivity contribution in [3.05, 3.63) is 23.7 Å². The van der Waals surface area contributed by atoms with Gasteiger partial charge in [0, 0.05) is 0 Å². The summed E-state index contributed by atoms with van der Waals surface area (Å²) in [6, 6.07) is 2.98. The van der Waals surface area contributed by atoms with E-state index in [1.165, 1.54) is 6.07 Å². The normalized spacial score (nSPS) is 13.9. The third-order valence-corrected chi connectivity index (χ3v) is 2.49. The lowest BCUT2D eigenvalue weighted by atomic mass is 10.1. The van der Waals surface area contributed by atoms with Crippen LogP contribution in [-0.2, 0) is 0 Å². The third kappa shape index (κ3) is 3.65. The fourth-order valence-corrected chi connectivity index (χ4v) is 1.59. The maximum absolute atomic E-state index is 10.7. The molecule has 0 aliphatic rings. The van der Waals surface area contributed by atoms with Crippen molar-refractivity contribution in [1.82, 2.24) is 5.32 Å². The SMILES string of the molecule is C#CC(CCC)NC(C)c1ccc(C(=O)O)o1. The first-order valence-corrected chi connectivity index (χ1v) is 5.63. The second-order valence-electron chi connectivity index (χ2n) is 3.90. The molecule has 0 amide bonds. The van der Waals surface area contributed by atoms with Crippen molar-refractivity contribution in [1.29, 1.82) is 0 Å². The number of terminal acetylenes is 1. The van der Waals surface area contributed by atoms with Gasteiger partial charge < -0.3 is 9.52 Å². The van der Waals surface area contributed by atoms with Gasteiger partial charge in [-0.15, -0.1) is 6.42 Å². The lowest BCUT2D eigenvalue weighted by molar-refractivity contribution is 0.0659. The Morgan fingerprint density at radius 3 is 2.82 bits per heavy atom. The van der Waals surface area contributed by atoms with E-state index in [-0.39, 0.29) is 17.8 Å². The minimum Gasteiger partial charge on any atom is -0.475 e. The third-order valence-electron chi connectivity index (χ3n) is 2.49. The minimum atomic E-state index is -1.06. The van der Waals surface area contributed by atoms with E-state index in [1.807, 2.05) is 6.92 Å². The highest BCUT2D eigenvalue weighted by molar-refractivity contribution is 5.84. The van der Waals surface area contributed by atoms with Gasteiger partial charge in [-0.1, -0.05) is 19.3 Å². The molecule has 1 aromatic heterocycles. The Labute approximate surface area is 101 Å². The van der Waals surface area contributed by atoms with Gasteiger partial charge in [-0.05, 0) is 25.5 Å². The molecule has 0 bridgehead atoms. The van der Waals surface area contributed by atoms with Gasteiger partial charge in [0.05, 0.1) is 12.1 Å². The zero-order valence-corrected chi connectivity index (χ0v) is 10.1. The van der Waals surface area contributed by atoms with Crippen molar-refractivity contribution in [2.24, 2.45) is 0 Å². The fraction of sp³-hybridized carbons (Fsp3) is 0.462. The van der Waals surface area contributed by atoms with Gasteiger partial charge in [-0.2, -0.15) is 0 Å². The van der Waals surface area contributed by atoms with Gasteiger partial charge in [0.2, 0.25) is 5.76 Å². The molecule has 0 fully saturated rings. The Balaban J connectivity index is 2.65. The van der Waals surface area contributed by atoms with Crippen molar-refractivity contribution >= 4 is 5.97 Å². The van der Waals surface area contributed by atoms with Gasteiger partial charge >= 0.3 is 5.97 Å². The summed E-state index contributed by atoms with van der Waals surface area (Å²) in [6.45, 7) is 3.95. The van der Waals surface area contributed by atoms with E-state index in [1.54, 1.807) is 6.07 Å². The number of carboxylic acid groups (broad SMARTS) is 1. The van der Waals surface area contributed by atoms with E-state index in [0.29, 0.717) is 5.76 Å². The standard InChI is InChI=1S/C13H17NO3/c1-4-6-10(5-2)14-9(3)11-7-8-12(17-11)13(15)16/h2,7-10,14H,4,6H2,1,3H3,(H,15,16). The van der Waals surface area contributed by atoms with E-state index in [0.717, 1.165) is 12.8 Å². The molecule has 0 spiro atoms. The summed E-state index contributed by atoms with van der Waals surface area (Å²) in [5.41, 5.74) is 0. The number of furan rings is 1. The number of aromatic carboxylic acids is 1. The van der Waals surface area contributed by atoms with E-state index in [4.69, 9.17) is 15.9 Å². The molecule has 1 heterocycles. The molecule has 1 aromatic rings. The molecule has 0 aliphatic heterocycles. The average molecular weight is 235 g/mol. The lowest BCUT2D eigenvalue weighted by Crippen LogP contribution is -2.29. The molecule has 0 saturated carbocycles. The predicted octanol–water partition coefficient (Wildman–Crippen LogP) is 2.43. The van der Waals surface area contributed by atoms with Crippen molar-refractivity contribution < 1.29 is 14.3 Å². The summed E-state index contributed by atoms with van der Waals surface area (Å²) in [6.07, 6.45) is 7.28. The first-order chi connectivity index (χ1) is 8.08. The van der Waals surface area contributed by atoms with Crippen LogP contribution in [0.2, 0.25) is 0 Å². The van der Waals surface area contributed by atoms with Gasteiger partial charge in [-0.25, -0.2) is 4.79 Å². The molecule has 2 atom stereocenters. The summed E-state index contributed by atoms with van der Waals surface area (Å²) in [4.78, 5) is 10.7. The molecule has 4 nitrogen and oxygen atoms in total. The van der Waals surface area contributed by atoms with Gasteiger partial charge in [-0.3, -0.25) is 5.32 Å². The van der Waals surface area contributed by atoms with Gasteiger partial charge in [0.25, 0.3) is 0 Å². The van der Waals surface area contributed by atoms with Crippen LogP contribution in [-0.4, -0.2) is 17.1 Å². The molecule has 2 N–H and O–H groups in total. The van der Waals surface area contributed by atoms with E-state index >= 15 is 0 Å². The Kier molecular flexibility index (Phi) is 4.80. The molecule has 17 heavy (non-hydrogen) atoms. The van der Waals surface area contributed by atoms with Crippen LogP contribution in [0.25, 0.3) is 0 Å². The molecule has 0 aliphatic carbocycles. The molecular formula is C13H17NO3. The van der Waals surface area contributed by atoms with Crippen LogP contribution < -0.4 is 5.32 Å². The summed E-state index contributed by atoms with van der Waals surface area (Å²) < 4.78 is 5.20. The summed E-state index contributed by atoms with van der Waals surface area (Å²) >= 11 is 0. The largest absolute Gasteiger partial charge is 0.475 e. The van der Waals surface area contributed by atoms with Crippen LogP contribution in [0.5, 0.6) is 0 Å². The zero-order valence-electron chi connectivity index (χ0n) is 10.1. The van der Waals surface area contributed by atoms with Crippen molar-refractivity contribution in [3.8, 4) is 12.3 Å². The van der Waals surface area contributed by atoms with Crippen LogP contribution in [0.15, 0.2) is 16.5 Å². The van der Waals surface area contributed by atoms with Crippen molar-refractivity contribution in [3.63, 3.8) is 0 Å². The molecular weight excluding hydrogens is 218 g/mol. The smallest absolute Gasteiger partial charge is 0.371 e. The molecule has 0 aromatic carbocycles. The second kappa shape index (κ2) is 6.12. The Morgan fingerprint density at radius 1 is 1.65 bits per heavy atom. The van der Waals surface area contributed by atoms with E-state index in [9.17, 15) is 4.79 Å². The number of hydrogen-bond acceptors (Lipinski definition) is 3. The number of carboxylic acids is 1. The number of hydrogen-bond donors (Lipinski definition) is 2. The molecule has 1 rings (SSSR count). The van der Waals surface area contributed by atoms with Gasteiger partial charge in [0.1, 0.15) is 5.76 Å². The second-order valence-corrected chi connectivity index (χ2v) is 3.90. The summed E-state index contributed by atoms with van der Waals surface area (Å²) in [5, 5.41) is 12.0. The number of nitrogens with one attached hydrogen (secondary N) is 1. The first-order valence-electron chi connectivity index (χ1n) is 5.63. The average Bonchev–Trinajstić information content (AvgIpc) is 2.77. The van der Waals surface area contributed by atoms with E-state index < -0.39 is 5.97 Å². The topological polar surface area (TPSA) is 62.5 Å². The number of carbonyl (C=O) groups is 1. The summed E-state index contributed by atoms with van der Waals surface area (Å²) in [7, 11) is 0. The monoisotopic (exact) mass is 235 g/mol.